The lowest BCUT2D eigenvalue weighted by molar-refractivity contribution is 0.175. The molecule has 5 saturated heterocycles. The number of rotatable bonds is 28. The Morgan fingerprint density at radius 3 is 0.500 bits per heavy atom. The predicted octanol–water partition coefficient (Wildman–Crippen LogP) is 8.19. The van der Waals surface area contributed by atoms with Crippen LogP contribution >= 0.6 is 94.1 Å². The lowest BCUT2D eigenvalue weighted by Gasteiger charge is -2.43. The van der Waals surface area contributed by atoms with Crippen LogP contribution in [0.15, 0.2) is 0 Å². The Morgan fingerprint density at radius 1 is 0.237 bits per heavy atom. The van der Waals surface area contributed by atoms with Crippen LogP contribution < -0.4 is 42.5 Å². The Balaban J connectivity index is 1.09. The summed E-state index contributed by atoms with van der Waals surface area (Å²) in [6.45, 7) is 14.2. The van der Waals surface area contributed by atoms with Crippen LogP contribution in [0.5, 0.6) is 0 Å². The highest BCUT2D eigenvalue weighted by molar-refractivity contribution is 8.05. The van der Waals surface area contributed by atoms with E-state index in [9.17, 15) is 0 Å². The quantitative estimate of drug-likeness (QED) is 0.0386. The van der Waals surface area contributed by atoms with E-state index in [1.165, 1.54) is 123 Å². The van der Waals surface area contributed by atoms with Crippen molar-refractivity contribution in [1.82, 2.24) is 62.1 Å². The van der Waals surface area contributed by atoms with Crippen LogP contribution in [0.25, 0.3) is 0 Å². The minimum atomic E-state index is 0.263. The number of nitrogens with one attached hydrogen (secondary N) is 8. The molecule has 5 aliphatic heterocycles. The van der Waals surface area contributed by atoms with E-state index in [0.717, 1.165) is 26.2 Å². The molecule has 0 aromatic rings. The van der Waals surface area contributed by atoms with Gasteiger partial charge in [-0.3, -0.25) is 42.5 Å². The van der Waals surface area contributed by atoms with Crippen LogP contribution in [0.2, 0.25) is 0 Å². The van der Waals surface area contributed by atoms with Crippen molar-refractivity contribution in [1.29, 1.82) is 0 Å². The highest BCUT2D eigenvalue weighted by Gasteiger charge is 2.59. The van der Waals surface area contributed by atoms with Crippen molar-refractivity contribution in [2.75, 3.05) is 129 Å². The normalized spacial score (nSPS) is 42.6. The van der Waals surface area contributed by atoms with E-state index in [4.69, 9.17) is 0 Å². The van der Waals surface area contributed by atoms with Gasteiger partial charge in [0, 0.05) is 91.2 Å². The van der Waals surface area contributed by atoms with Gasteiger partial charge in [-0.05, 0) is 204 Å². The number of hydrogen-bond donors (Lipinski definition) is 8. The molecule has 80 heavy (non-hydrogen) atoms. The van der Waals surface area contributed by atoms with Gasteiger partial charge in [0.2, 0.25) is 0 Å². The topological polar surface area (TPSA) is 109 Å². The molecular weight excluding hydrogens is 1150 g/mol. The summed E-state index contributed by atoms with van der Waals surface area (Å²) in [4.78, 5) is 9.59. The molecule has 9 fully saturated rings. The minimum Gasteiger partial charge on any atom is -0.309 e. The Bertz CT molecular complexity index is 1680. The van der Waals surface area contributed by atoms with Gasteiger partial charge < -0.3 is 19.6 Å². The zero-order valence-electron chi connectivity index (χ0n) is 51.9. The highest BCUT2D eigenvalue weighted by atomic mass is 32.2. The molecule has 0 amide bonds. The summed E-state index contributed by atoms with van der Waals surface area (Å²) < 4.78 is 0. The summed E-state index contributed by atoms with van der Waals surface area (Å²) in [5.41, 5.74) is 0. The smallest absolute Gasteiger partial charge is 0.0628 e. The lowest BCUT2D eigenvalue weighted by Crippen LogP contribution is -2.61. The third-order valence-electron chi connectivity index (χ3n) is 19.8. The fourth-order valence-corrected chi connectivity index (χ4v) is 28.4. The Hall–Kier alpha value is 2.32. The van der Waals surface area contributed by atoms with E-state index in [-0.39, 0.29) is 49.3 Å². The molecule has 5 heterocycles. The molecule has 8 bridgehead atoms. The molecule has 0 aromatic carbocycles. The second kappa shape index (κ2) is 32.9. The summed E-state index contributed by atoms with van der Waals surface area (Å²) in [5.74, 6) is 14.6. The number of thioether (sulfide) groups is 8. The standard InChI is InChI=1S/C60H116N12S8/c1-13-21-73-45-29-37-41(33-49(45)77-25-17-69(5)6)57-62-53(37)61-54-38-30-46(74-22-14-2)50(78-26-18-70(7)8)34-42(38)58(63-54)65-56-40-32-48(76-24-16-4)52(80-28-20-72(11)12)36-44(40)60(67-56)68-59-43-35-51(79-27-19-71(9)10)47(75-23-15-3)31-39(43)55(64-57)66-59/h37-68H,13-36H2,1-12H3. The van der Waals surface area contributed by atoms with Gasteiger partial charge in [-0.25, -0.2) is 0 Å². The molecule has 12 nitrogen and oxygen atoms in total. The molecule has 24 atom stereocenters. The molecule has 4 saturated carbocycles. The predicted molar refractivity (Wildman–Crippen MR) is 366 cm³/mol. The van der Waals surface area contributed by atoms with Crippen molar-refractivity contribution >= 4 is 94.1 Å². The first-order valence-electron chi connectivity index (χ1n) is 32.4. The Labute approximate surface area is 524 Å². The number of fused-ring (bicyclic) bond motifs is 20. The number of nitrogens with zero attached hydrogens (tertiary/aromatic N) is 4. The maximum atomic E-state index is 4.63. The molecule has 0 radical (unpaired) electrons. The van der Waals surface area contributed by atoms with Crippen LogP contribution in [-0.4, -0.2) is 240 Å². The van der Waals surface area contributed by atoms with E-state index in [0.29, 0.717) is 89.3 Å². The van der Waals surface area contributed by atoms with Crippen molar-refractivity contribution < 1.29 is 0 Å². The molecule has 0 spiro atoms. The van der Waals surface area contributed by atoms with Crippen molar-refractivity contribution in [3.8, 4) is 0 Å². The van der Waals surface area contributed by atoms with E-state index in [2.05, 4.69) is 240 Å². The molecular formula is C60H116N12S8. The van der Waals surface area contributed by atoms with Gasteiger partial charge in [0.25, 0.3) is 0 Å². The van der Waals surface area contributed by atoms with Crippen molar-refractivity contribution in [2.45, 2.75) is 196 Å². The second-order valence-corrected chi connectivity index (χ2v) is 37.6. The molecule has 0 aromatic heterocycles. The largest absolute Gasteiger partial charge is 0.309 e. The van der Waals surface area contributed by atoms with Gasteiger partial charge in [-0.15, -0.1) is 0 Å². The molecule has 4 aliphatic carbocycles. The fraction of sp³-hybridized carbons (Fsp3) is 1.00. The van der Waals surface area contributed by atoms with Gasteiger partial charge in [0.05, 0.1) is 49.3 Å². The summed E-state index contributed by atoms with van der Waals surface area (Å²) >= 11 is 18.5. The minimum absolute atomic E-state index is 0.263. The zero-order valence-corrected chi connectivity index (χ0v) is 58.4. The van der Waals surface area contributed by atoms with E-state index >= 15 is 0 Å². The van der Waals surface area contributed by atoms with Crippen LogP contribution in [-0.2, 0) is 0 Å². The van der Waals surface area contributed by atoms with Crippen LogP contribution in [0.1, 0.15) is 105 Å². The maximum absolute atomic E-state index is 4.63. The maximum Gasteiger partial charge on any atom is 0.0628 e. The zero-order chi connectivity index (χ0) is 56.5. The second-order valence-electron chi connectivity index (χ2n) is 26.8. The average molecular weight is 1260 g/mol. The molecule has 20 heteroatoms. The summed E-state index contributed by atoms with van der Waals surface area (Å²) in [6.07, 6.45) is 17.6. The third kappa shape index (κ3) is 17.4. The average Bonchev–Trinajstić information content (AvgIpc) is 4.25. The first-order chi connectivity index (χ1) is 38.7. The van der Waals surface area contributed by atoms with Crippen molar-refractivity contribution in [3.63, 3.8) is 0 Å². The Morgan fingerprint density at radius 2 is 0.375 bits per heavy atom. The molecule has 464 valence electrons. The SMILES string of the molecule is CCCSC1CC2C3NC4NC(NC5NC(NC6NC(NC(N3)C2CC1SCCN(C)C)C1CC(SCCC)C(SCCN(C)C)CC61)C1CC(SCCN(C)C)C(SCCC)CC51)C1CC(SCCN(C)C)C(SCCC)CC41. The van der Waals surface area contributed by atoms with Crippen molar-refractivity contribution in [2.24, 2.45) is 47.3 Å². The van der Waals surface area contributed by atoms with Crippen molar-refractivity contribution in [3.05, 3.63) is 0 Å². The number of hydrogen-bond acceptors (Lipinski definition) is 20. The van der Waals surface area contributed by atoms with Gasteiger partial charge >= 0.3 is 0 Å². The summed E-state index contributed by atoms with van der Waals surface area (Å²) in [5, 5.41) is 42.1. The first-order valence-corrected chi connectivity index (χ1v) is 40.7. The summed E-state index contributed by atoms with van der Waals surface area (Å²) in [7, 11) is 18.1. The van der Waals surface area contributed by atoms with Crippen LogP contribution in [0.3, 0.4) is 0 Å². The third-order valence-corrected chi connectivity index (χ3v) is 32.3. The molecule has 24 unspecified atom stereocenters. The van der Waals surface area contributed by atoms with E-state index in [1.54, 1.807) is 0 Å². The van der Waals surface area contributed by atoms with Gasteiger partial charge in [-0.1, -0.05) is 27.7 Å². The van der Waals surface area contributed by atoms with Gasteiger partial charge in [0.15, 0.2) is 0 Å². The van der Waals surface area contributed by atoms with Crippen LogP contribution in [0, 0.1) is 47.3 Å². The van der Waals surface area contributed by atoms with Gasteiger partial charge in [0.1, 0.15) is 0 Å². The van der Waals surface area contributed by atoms with Gasteiger partial charge in [-0.2, -0.15) is 94.1 Å². The highest BCUT2D eigenvalue weighted by Crippen LogP contribution is 2.53. The molecule has 9 aliphatic rings. The fourth-order valence-electron chi connectivity index (χ4n) is 15.8. The lowest BCUT2D eigenvalue weighted by atomic mass is 9.75. The Kier molecular flexibility index (Phi) is 27.4. The monoisotopic (exact) mass is 1260 g/mol. The van der Waals surface area contributed by atoms with E-state index in [1.807, 2.05) is 0 Å². The first kappa shape index (κ1) is 66.7. The molecule has 8 N–H and O–H groups in total. The molecule has 9 rings (SSSR count). The summed E-state index contributed by atoms with van der Waals surface area (Å²) in [6, 6.07) is 0. The van der Waals surface area contributed by atoms with Crippen LogP contribution in [0.4, 0.5) is 0 Å². The van der Waals surface area contributed by atoms with E-state index < -0.39 is 0 Å².